The Bertz CT molecular complexity index is 1400. The lowest BCUT2D eigenvalue weighted by Gasteiger charge is -2.27. The largest absolute Gasteiger partial charge is 0.454 e. The van der Waals surface area contributed by atoms with E-state index in [2.05, 4.69) is 10.3 Å². The Morgan fingerprint density at radius 2 is 1.93 bits per heavy atom. The van der Waals surface area contributed by atoms with Crippen LogP contribution in [-0.4, -0.2) is 26.7 Å². The van der Waals surface area contributed by atoms with Crippen molar-refractivity contribution < 1.29 is 14.3 Å². The first-order chi connectivity index (χ1) is 14.1. The fraction of sp³-hybridized carbons (Fsp3) is 0.190. The zero-order chi connectivity index (χ0) is 19.7. The lowest BCUT2D eigenvalue weighted by Crippen LogP contribution is -2.35. The molecule has 29 heavy (non-hydrogen) atoms. The molecule has 0 bridgehead atoms. The van der Waals surface area contributed by atoms with Gasteiger partial charge in [-0.1, -0.05) is 18.2 Å². The van der Waals surface area contributed by atoms with Gasteiger partial charge in [0.25, 0.3) is 5.56 Å². The van der Waals surface area contributed by atoms with Crippen LogP contribution in [0.1, 0.15) is 23.5 Å². The van der Waals surface area contributed by atoms with Crippen molar-refractivity contribution in [1.29, 1.82) is 0 Å². The van der Waals surface area contributed by atoms with Crippen LogP contribution < -0.4 is 20.3 Å². The number of aryl methyl sites for hydroxylation is 1. The smallest absolute Gasteiger partial charge is 0.260 e. The number of carbonyl (C=O) groups is 1. The molecule has 0 aliphatic carbocycles. The molecule has 0 radical (unpaired) electrons. The van der Waals surface area contributed by atoms with Crippen molar-refractivity contribution in [2.24, 2.45) is 7.05 Å². The maximum absolute atomic E-state index is 13.3. The molecule has 2 aliphatic heterocycles. The summed E-state index contributed by atoms with van der Waals surface area (Å²) in [5, 5.41) is 2.92. The first-order valence-corrected chi connectivity index (χ1v) is 9.31. The number of ether oxygens (including phenoxy) is 2. The van der Waals surface area contributed by atoms with Crippen molar-refractivity contribution in [2.75, 3.05) is 12.1 Å². The van der Waals surface area contributed by atoms with Crippen molar-refractivity contribution in [3.63, 3.8) is 0 Å². The number of hydrogen-bond donors (Lipinski definition) is 1. The molecule has 6 rings (SSSR count). The van der Waals surface area contributed by atoms with Gasteiger partial charge in [0, 0.05) is 19.4 Å². The highest BCUT2D eigenvalue weighted by Gasteiger charge is 2.33. The summed E-state index contributed by atoms with van der Waals surface area (Å²) in [6.07, 6.45) is 0.181. The first kappa shape index (κ1) is 16.2. The summed E-state index contributed by atoms with van der Waals surface area (Å²) in [5.74, 6) is 1.72. The van der Waals surface area contributed by atoms with E-state index >= 15 is 0 Å². The van der Waals surface area contributed by atoms with Gasteiger partial charge in [0.2, 0.25) is 18.5 Å². The fourth-order valence-electron chi connectivity index (χ4n) is 4.27. The van der Waals surface area contributed by atoms with Crippen LogP contribution in [0.2, 0.25) is 0 Å². The highest BCUT2D eigenvalue weighted by molar-refractivity contribution is 5.96. The van der Waals surface area contributed by atoms with Gasteiger partial charge >= 0.3 is 0 Å². The van der Waals surface area contributed by atoms with E-state index in [9.17, 15) is 9.59 Å². The van der Waals surface area contributed by atoms with Gasteiger partial charge in [-0.05, 0) is 29.8 Å². The Hall–Kier alpha value is -3.81. The van der Waals surface area contributed by atoms with Gasteiger partial charge in [0.1, 0.15) is 5.82 Å². The topological polar surface area (TPSA) is 86.9 Å². The molecule has 2 aliphatic rings. The van der Waals surface area contributed by atoms with Gasteiger partial charge in [-0.25, -0.2) is 4.98 Å². The third-order valence-corrected chi connectivity index (χ3v) is 5.65. The first-order valence-electron chi connectivity index (χ1n) is 9.31. The second kappa shape index (κ2) is 5.60. The molecular formula is C21H16N4O4. The molecule has 2 aromatic heterocycles. The zero-order valence-electron chi connectivity index (χ0n) is 15.5. The molecule has 0 fully saturated rings. The summed E-state index contributed by atoms with van der Waals surface area (Å²) < 4.78 is 14.3. The van der Waals surface area contributed by atoms with Gasteiger partial charge in [0.05, 0.1) is 16.6 Å². The zero-order valence-corrected chi connectivity index (χ0v) is 15.5. The minimum Gasteiger partial charge on any atom is -0.454 e. The number of anilines is 1. The number of aromatic nitrogens is 3. The van der Waals surface area contributed by atoms with Crippen LogP contribution in [0.4, 0.5) is 5.82 Å². The molecule has 1 amide bonds. The Morgan fingerprint density at radius 3 is 2.83 bits per heavy atom. The summed E-state index contributed by atoms with van der Waals surface area (Å²) in [6.45, 7) is 0.171. The number of nitrogens with one attached hydrogen (secondary N) is 1. The molecule has 2 aromatic carbocycles. The maximum atomic E-state index is 13.3. The summed E-state index contributed by atoms with van der Waals surface area (Å²) >= 11 is 0. The van der Waals surface area contributed by atoms with E-state index in [1.807, 2.05) is 46.9 Å². The fourth-order valence-corrected chi connectivity index (χ4v) is 4.27. The van der Waals surface area contributed by atoms with Gasteiger partial charge in [-0.3, -0.25) is 18.6 Å². The molecule has 144 valence electrons. The van der Waals surface area contributed by atoms with Crippen LogP contribution in [-0.2, 0) is 11.8 Å². The molecule has 0 saturated carbocycles. The molecule has 4 heterocycles. The normalized spacial score (nSPS) is 17.6. The summed E-state index contributed by atoms with van der Waals surface area (Å²) in [7, 11) is 1.71. The molecule has 8 heteroatoms. The molecule has 1 N–H and O–H groups in total. The van der Waals surface area contributed by atoms with Gasteiger partial charge in [-0.15, -0.1) is 0 Å². The maximum Gasteiger partial charge on any atom is 0.260 e. The van der Waals surface area contributed by atoms with E-state index in [1.54, 1.807) is 7.05 Å². The molecule has 0 saturated heterocycles. The number of para-hydroxylation sites is 2. The molecular weight excluding hydrogens is 372 g/mol. The molecule has 1 unspecified atom stereocenters. The summed E-state index contributed by atoms with van der Waals surface area (Å²) in [5.41, 5.74) is 2.80. The summed E-state index contributed by atoms with van der Waals surface area (Å²) in [6, 6.07) is 13.2. The second-order valence-electron chi connectivity index (χ2n) is 7.28. The van der Waals surface area contributed by atoms with E-state index < -0.39 is 5.92 Å². The lowest BCUT2D eigenvalue weighted by atomic mass is 9.86. The second-order valence-corrected chi connectivity index (χ2v) is 7.28. The van der Waals surface area contributed by atoms with Crippen LogP contribution in [0.5, 0.6) is 11.5 Å². The SMILES string of the molecule is Cn1c(=O)c2c(n3c4ccccc4nc13)NC(=O)CC2c1ccc2c(c1)OCO2. The number of rotatable bonds is 1. The van der Waals surface area contributed by atoms with Crippen molar-refractivity contribution >= 4 is 28.5 Å². The van der Waals surface area contributed by atoms with Crippen LogP contribution in [0.15, 0.2) is 47.3 Å². The van der Waals surface area contributed by atoms with Gasteiger partial charge < -0.3 is 14.8 Å². The van der Waals surface area contributed by atoms with Crippen molar-refractivity contribution in [3.05, 3.63) is 63.9 Å². The predicted octanol–water partition coefficient (Wildman–Crippen LogP) is 2.39. The van der Waals surface area contributed by atoms with Gasteiger partial charge in [-0.2, -0.15) is 0 Å². The van der Waals surface area contributed by atoms with Gasteiger partial charge in [0.15, 0.2) is 11.5 Å². The molecule has 8 nitrogen and oxygen atoms in total. The number of benzene rings is 2. The third-order valence-electron chi connectivity index (χ3n) is 5.65. The Morgan fingerprint density at radius 1 is 1.10 bits per heavy atom. The summed E-state index contributed by atoms with van der Waals surface area (Å²) in [4.78, 5) is 30.6. The quantitative estimate of drug-likeness (QED) is 0.541. The third kappa shape index (κ3) is 2.16. The highest BCUT2D eigenvalue weighted by Crippen LogP contribution is 2.40. The minimum absolute atomic E-state index is 0.146. The molecule has 0 spiro atoms. The molecule has 1 atom stereocenters. The number of imidazole rings is 1. The average Bonchev–Trinajstić information content (AvgIpc) is 3.35. The van der Waals surface area contributed by atoms with E-state index in [0.717, 1.165) is 16.6 Å². The predicted molar refractivity (Wildman–Crippen MR) is 106 cm³/mol. The van der Waals surface area contributed by atoms with E-state index in [1.165, 1.54) is 4.57 Å². The highest BCUT2D eigenvalue weighted by atomic mass is 16.7. The van der Waals surface area contributed by atoms with Crippen molar-refractivity contribution in [2.45, 2.75) is 12.3 Å². The minimum atomic E-state index is -0.391. The Balaban J connectivity index is 1.68. The molecule has 4 aromatic rings. The van der Waals surface area contributed by atoms with E-state index in [-0.39, 0.29) is 24.7 Å². The van der Waals surface area contributed by atoms with Crippen molar-refractivity contribution in [3.8, 4) is 11.5 Å². The standard InChI is InChI=1S/C21H16N4O4/c1-24-20(27)18-12(11-6-7-15-16(8-11)29-10-28-15)9-17(26)23-19(18)25-14-5-3-2-4-13(14)22-21(24)25/h2-8,12H,9-10H2,1H3,(H,23,26). The van der Waals surface area contributed by atoms with E-state index in [0.29, 0.717) is 28.7 Å². The Kier molecular flexibility index (Phi) is 3.12. The Labute approximate surface area is 164 Å². The van der Waals surface area contributed by atoms with Crippen LogP contribution in [0, 0.1) is 0 Å². The number of amides is 1. The number of fused-ring (bicyclic) bond motifs is 6. The van der Waals surface area contributed by atoms with Crippen LogP contribution in [0.25, 0.3) is 16.8 Å². The van der Waals surface area contributed by atoms with Crippen molar-refractivity contribution in [1.82, 2.24) is 14.0 Å². The van der Waals surface area contributed by atoms with Crippen LogP contribution >= 0.6 is 0 Å². The number of nitrogens with zero attached hydrogens (tertiary/aromatic N) is 3. The lowest BCUT2D eigenvalue weighted by molar-refractivity contribution is -0.116. The monoisotopic (exact) mass is 388 g/mol. The van der Waals surface area contributed by atoms with E-state index in [4.69, 9.17) is 9.47 Å². The average molecular weight is 388 g/mol. The number of hydrogen-bond acceptors (Lipinski definition) is 5. The number of carbonyl (C=O) groups excluding carboxylic acids is 1. The van der Waals surface area contributed by atoms with Crippen LogP contribution in [0.3, 0.4) is 0 Å².